The first-order valence-corrected chi connectivity index (χ1v) is 7.09. The molecule has 0 aromatic rings. The van der Waals surface area contributed by atoms with Crippen molar-refractivity contribution in [1.82, 2.24) is 5.32 Å². The highest BCUT2D eigenvalue weighted by Crippen LogP contribution is 2.13. The van der Waals surface area contributed by atoms with Crippen molar-refractivity contribution in [3.05, 3.63) is 0 Å². The number of Topliss-reactive ketones (excluding diaryl/α,β-unsaturated/α-hetero) is 1. The van der Waals surface area contributed by atoms with Crippen LogP contribution in [0.3, 0.4) is 0 Å². The standard InChI is InChI=1S/C15H29NO3/c1-11(2)10-13(9-7-8-12(3)17)16-14(18)19-15(4,5)6/h11,13H,7-10H2,1-6H3,(H,16,18)/t13-/m1/s1. The highest BCUT2D eigenvalue weighted by atomic mass is 16.6. The molecule has 19 heavy (non-hydrogen) atoms. The van der Waals surface area contributed by atoms with Crippen molar-refractivity contribution in [2.24, 2.45) is 5.92 Å². The van der Waals surface area contributed by atoms with Crippen molar-refractivity contribution in [1.29, 1.82) is 0 Å². The van der Waals surface area contributed by atoms with Crippen molar-refractivity contribution >= 4 is 11.9 Å². The van der Waals surface area contributed by atoms with E-state index in [2.05, 4.69) is 19.2 Å². The number of hydrogen-bond acceptors (Lipinski definition) is 3. The molecule has 0 fully saturated rings. The number of hydrogen-bond donors (Lipinski definition) is 1. The summed E-state index contributed by atoms with van der Waals surface area (Å²) >= 11 is 0. The largest absolute Gasteiger partial charge is 0.444 e. The van der Waals surface area contributed by atoms with Crippen molar-refractivity contribution in [3.8, 4) is 0 Å². The van der Waals surface area contributed by atoms with Crippen LogP contribution in [0, 0.1) is 5.92 Å². The Morgan fingerprint density at radius 1 is 1.21 bits per heavy atom. The van der Waals surface area contributed by atoms with Gasteiger partial charge in [0.2, 0.25) is 0 Å². The Morgan fingerprint density at radius 2 is 1.79 bits per heavy atom. The molecular weight excluding hydrogens is 242 g/mol. The van der Waals surface area contributed by atoms with E-state index in [4.69, 9.17) is 4.74 Å². The van der Waals surface area contributed by atoms with Crippen LogP contribution < -0.4 is 5.32 Å². The van der Waals surface area contributed by atoms with Gasteiger partial charge in [0.25, 0.3) is 0 Å². The zero-order valence-corrected chi connectivity index (χ0v) is 13.2. The Morgan fingerprint density at radius 3 is 2.21 bits per heavy atom. The van der Waals surface area contributed by atoms with Crippen LogP contribution in [0.25, 0.3) is 0 Å². The minimum atomic E-state index is -0.480. The molecule has 0 radical (unpaired) electrons. The molecule has 112 valence electrons. The fraction of sp³-hybridized carbons (Fsp3) is 0.867. The second kappa shape index (κ2) is 8.18. The average molecular weight is 271 g/mol. The molecule has 0 bridgehead atoms. The molecule has 0 unspecified atom stereocenters. The smallest absolute Gasteiger partial charge is 0.407 e. The van der Waals surface area contributed by atoms with E-state index in [1.165, 1.54) is 0 Å². The van der Waals surface area contributed by atoms with Crippen LogP contribution in [0.5, 0.6) is 0 Å². The number of ether oxygens (including phenoxy) is 1. The molecule has 0 aliphatic carbocycles. The van der Waals surface area contributed by atoms with Gasteiger partial charge in [-0.05, 0) is 52.9 Å². The van der Waals surface area contributed by atoms with E-state index >= 15 is 0 Å². The first kappa shape index (κ1) is 17.9. The second-order valence-corrected chi connectivity index (χ2v) is 6.57. The van der Waals surface area contributed by atoms with E-state index < -0.39 is 5.60 Å². The molecule has 0 rings (SSSR count). The summed E-state index contributed by atoms with van der Waals surface area (Å²) in [5, 5.41) is 2.91. The van der Waals surface area contributed by atoms with E-state index in [0.717, 1.165) is 19.3 Å². The molecule has 0 saturated carbocycles. The van der Waals surface area contributed by atoms with E-state index in [1.807, 2.05) is 20.8 Å². The van der Waals surface area contributed by atoms with E-state index in [-0.39, 0.29) is 17.9 Å². The highest BCUT2D eigenvalue weighted by Gasteiger charge is 2.20. The lowest BCUT2D eigenvalue weighted by Gasteiger charge is -2.24. The minimum Gasteiger partial charge on any atom is -0.444 e. The second-order valence-electron chi connectivity index (χ2n) is 6.57. The van der Waals surface area contributed by atoms with Crippen molar-refractivity contribution in [2.45, 2.75) is 78.9 Å². The summed E-state index contributed by atoms with van der Waals surface area (Å²) in [5.41, 5.74) is -0.480. The van der Waals surface area contributed by atoms with Gasteiger partial charge in [-0.25, -0.2) is 4.79 Å². The molecule has 0 spiro atoms. The Hall–Kier alpha value is -1.06. The normalized spacial score (nSPS) is 13.2. The van der Waals surface area contributed by atoms with Gasteiger partial charge in [-0.3, -0.25) is 0 Å². The summed E-state index contributed by atoms with van der Waals surface area (Å²) in [4.78, 5) is 22.7. The summed E-state index contributed by atoms with van der Waals surface area (Å²) in [6.45, 7) is 11.4. The minimum absolute atomic E-state index is 0.0780. The van der Waals surface area contributed by atoms with Gasteiger partial charge in [-0.15, -0.1) is 0 Å². The molecule has 0 aliphatic rings. The number of rotatable bonds is 7. The highest BCUT2D eigenvalue weighted by molar-refractivity contribution is 5.75. The first-order valence-electron chi connectivity index (χ1n) is 7.09. The molecule has 4 nitrogen and oxygen atoms in total. The van der Waals surface area contributed by atoms with Crippen molar-refractivity contribution in [2.75, 3.05) is 0 Å². The Labute approximate surface area is 117 Å². The lowest BCUT2D eigenvalue weighted by atomic mass is 9.98. The molecule has 0 saturated heterocycles. The molecule has 1 amide bonds. The van der Waals surface area contributed by atoms with Crippen LogP contribution in [0.1, 0.15) is 67.2 Å². The maximum absolute atomic E-state index is 11.7. The summed E-state index contributed by atoms with van der Waals surface area (Å²) < 4.78 is 5.26. The third-order valence-electron chi connectivity index (χ3n) is 2.56. The predicted octanol–water partition coefficient (Wildman–Crippen LogP) is 3.69. The number of alkyl carbamates (subject to hydrolysis) is 1. The van der Waals surface area contributed by atoms with Crippen LogP contribution in [0.2, 0.25) is 0 Å². The number of amides is 1. The first-order chi connectivity index (χ1) is 8.60. The van der Waals surface area contributed by atoms with Gasteiger partial charge in [-0.2, -0.15) is 0 Å². The number of carbonyl (C=O) groups is 2. The molecule has 0 heterocycles. The van der Waals surface area contributed by atoms with Gasteiger partial charge < -0.3 is 14.8 Å². The molecular formula is C15H29NO3. The van der Waals surface area contributed by atoms with Gasteiger partial charge in [-0.1, -0.05) is 13.8 Å². The fourth-order valence-electron chi connectivity index (χ4n) is 1.89. The summed E-state index contributed by atoms with van der Waals surface area (Å²) in [7, 11) is 0. The van der Waals surface area contributed by atoms with Crippen molar-refractivity contribution in [3.63, 3.8) is 0 Å². The topological polar surface area (TPSA) is 55.4 Å². The van der Waals surface area contributed by atoms with Gasteiger partial charge in [0.1, 0.15) is 11.4 Å². The number of nitrogens with one attached hydrogen (secondary N) is 1. The van der Waals surface area contributed by atoms with Crippen LogP contribution in [0.4, 0.5) is 4.79 Å². The van der Waals surface area contributed by atoms with Crippen molar-refractivity contribution < 1.29 is 14.3 Å². The van der Waals surface area contributed by atoms with Gasteiger partial charge in [0.15, 0.2) is 0 Å². The Bertz CT molecular complexity index is 292. The molecule has 1 atom stereocenters. The summed E-state index contributed by atoms with van der Waals surface area (Å²) in [6, 6.07) is 0.0780. The van der Waals surface area contributed by atoms with Crippen LogP contribution in [-0.4, -0.2) is 23.5 Å². The number of ketones is 1. The quantitative estimate of drug-likeness (QED) is 0.768. The summed E-state index contributed by atoms with van der Waals surface area (Å²) in [5.74, 6) is 0.692. The maximum Gasteiger partial charge on any atom is 0.407 e. The average Bonchev–Trinajstić information content (AvgIpc) is 2.11. The lowest BCUT2D eigenvalue weighted by molar-refractivity contribution is -0.117. The van der Waals surface area contributed by atoms with Crippen LogP contribution in [0.15, 0.2) is 0 Å². The van der Waals surface area contributed by atoms with E-state index in [9.17, 15) is 9.59 Å². The Kier molecular flexibility index (Phi) is 7.72. The van der Waals surface area contributed by atoms with Crippen LogP contribution >= 0.6 is 0 Å². The van der Waals surface area contributed by atoms with Gasteiger partial charge in [0, 0.05) is 12.5 Å². The molecule has 0 aromatic heterocycles. The molecule has 1 N–H and O–H groups in total. The predicted molar refractivity (Wildman–Crippen MR) is 77.1 cm³/mol. The third-order valence-corrected chi connectivity index (χ3v) is 2.56. The SMILES string of the molecule is CC(=O)CCC[C@H](CC(C)C)NC(=O)OC(C)(C)C. The zero-order valence-electron chi connectivity index (χ0n) is 13.2. The molecule has 0 aromatic carbocycles. The fourth-order valence-corrected chi connectivity index (χ4v) is 1.89. The zero-order chi connectivity index (χ0) is 15.1. The summed E-state index contributed by atoms with van der Waals surface area (Å²) in [6.07, 6.45) is 2.72. The molecule has 0 aliphatic heterocycles. The van der Waals surface area contributed by atoms with Gasteiger partial charge >= 0.3 is 6.09 Å². The maximum atomic E-state index is 11.7. The van der Waals surface area contributed by atoms with Gasteiger partial charge in [0.05, 0.1) is 0 Å². The van der Waals surface area contributed by atoms with E-state index in [1.54, 1.807) is 6.92 Å². The Balaban J connectivity index is 4.26. The number of carbonyl (C=O) groups excluding carboxylic acids is 2. The lowest BCUT2D eigenvalue weighted by Crippen LogP contribution is -2.39. The molecule has 4 heteroatoms. The van der Waals surface area contributed by atoms with E-state index in [0.29, 0.717) is 12.3 Å². The monoisotopic (exact) mass is 271 g/mol. The van der Waals surface area contributed by atoms with Crippen LogP contribution in [-0.2, 0) is 9.53 Å². The third kappa shape index (κ3) is 11.7.